The summed E-state index contributed by atoms with van der Waals surface area (Å²) < 4.78 is 1.36. The number of benzene rings is 2. The van der Waals surface area contributed by atoms with Crippen molar-refractivity contribution in [3.05, 3.63) is 62.0 Å². The first-order chi connectivity index (χ1) is 13.7. The number of carbonyl (C=O) groups is 4. The third-order valence-electron chi connectivity index (χ3n) is 5.35. The van der Waals surface area contributed by atoms with E-state index in [0.29, 0.717) is 27.5 Å². The van der Waals surface area contributed by atoms with Gasteiger partial charge in [-0.25, -0.2) is 4.79 Å². The molecule has 148 valence electrons. The van der Waals surface area contributed by atoms with E-state index in [9.17, 15) is 19.2 Å². The largest absolute Gasteiger partial charge is 0.324 e. The molecule has 1 unspecified atom stereocenters. The molecular formula is C20H15Br2N3O4. The van der Waals surface area contributed by atoms with Gasteiger partial charge in [-0.1, -0.05) is 37.9 Å². The summed E-state index contributed by atoms with van der Waals surface area (Å²) in [5.41, 5.74) is 1.58. The Morgan fingerprint density at radius 1 is 1.03 bits per heavy atom. The van der Waals surface area contributed by atoms with Crippen molar-refractivity contribution in [3.63, 3.8) is 0 Å². The average Bonchev–Trinajstić information content (AvgIpc) is 3.14. The lowest BCUT2D eigenvalue weighted by Gasteiger charge is -2.27. The zero-order valence-electron chi connectivity index (χ0n) is 15.2. The standard InChI is InChI=1S/C20H15Br2N3O4/c1-25-19(29)24-18(28)20(25)8-10-2-3-15(6-12(10)9-20)23-17(27)16(26)11-4-13(21)7-14(22)5-11/h2-7H,8-9H2,1H3,(H,23,27)(H,24,28,29). The summed E-state index contributed by atoms with van der Waals surface area (Å²) in [6.07, 6.45) is 0.766. The fourth-order valence-electron chi connectivity index (χ4n) is 3.78. The number of hydrogen-bond acceptors (Lipinski definition) is 4. The smallest absolute Gasteiger partial charge is 0.319 e. The second kappa shape index (κ2) is 7.07. The first kappa shape index (κ1) is 19.8. The molecule has 1 heterocycles. The van der Waals surface area contributed by atoms with E-state index in [0.717, 1.165) is 11.1 Å². The summed E-state index contributed by atoms with van der Waals surface area (Å²) in [6, 6.07) is 9.75. The van der Waals surface area contributed by atoms with Crippen molar-refractivity contribution in [2.45, 2.75) is 18.4 Å². The van der Waals surface area contributed by atoms with E-state index in [-0.39, 0.29) is 11.5 Å². The van der Waals surface area contributed by atoms with E-state index in [2.05, 4.69) is 42.5 Å². The van der Waals surface area contributed by atoms with Gasteiger partial charge in [0.05, 0.1) is 0 Å². The summed E-state index contributed by atoms with van der Waals surface area (Å²) in [6.45, 7) is 0. The first-order valence-corrected chi connectivity index (χ1v) is 10.3. The molecule has 1 saturated heterocycles. The molecule has 1 aliphatic heterocycles. The zero-order valence-corrected chi connectivity index (χ0v) is 18.4. The molecule has 2 aromatic carbocycles. The highest BCUT2D eigenvalue weighted by Crippen LogP contribution is 2.38. The molecule has 1 fully saturated rings. The second-order valence-electron chi connectivity index (χ2n) is 7.13. The Balaban J connectivity index is 1.53. The van der Waals surface area contributed by atoms with Crippen LogP contribution in [0.4, 0.5) is 10.5 Å². The number of amides is 4. The van der Waals surface area contributed by atoms with Crippen LogP contribution in [0, 0.1) is 0 Å². The molecule has 4 rings (SSSR count). The van der Waals surface area contributed by atoms with Crippen molar-refractivity contribution < 1.29 is 19.2 Å². The maximum absolute atomic E-state index is 12.5. The minimum atomic E-state index is -0.930. The highest BCUT2D eigenvalue weighted by molar-refractivity contribution is 9.11. The molecule has 9 heteroatoms. The number of ketones is 1. The van der Waals surface area contributed by atoms with Crippen LogP contribution in [0.2, 0.25) is 0 Å². The summed E-state index contributed by atoms with van der Waals surface area (Å²) in [7, 11) is 1.60. The number of rotatable bonds is 3. The molecule has 1 atom stereocenters. The van der Waals surface area contributed by atoms with E-state index in [1.165, 1.54) is 4.90 Å². The maximum Gasteiger partial charge on any atom is 0.324 e. The molecular weight excluding hydrogens is 506 g/mol. The normalized spacial score (nSPS) is 20.0. The van der Waals surface area contributed by atoms with Gasteiger partial charge < -0.3 is 10.2 Å². The minimum absolute atomic E-state index is 0.256. The Hall–Kier alpha value is -2.52. The average molecular weight is 521 g/mol. The number of anilines is 1. The first-order valence-electron chi connectivity index (χ1n) is 8.72. The minimum Gasteiger partial charge on any atom is -0.319 e. The van der Waals surface area contributed by atoms with Crippen LogP contribution in [-0.2, 0) is 22.4 Å². The third kappa shape index (κ3) is 3.38. The number of likely N-dealkylation sites (N-methyl/N-ethyl adjacent to an activating group) is 1. The summed E-state index contributed by atoms with van der Waals surface area (Å²) in [5.74, 6) is -1.74. The van der Waals surface area contributed by atoms with E-state index in [1.54, 1.807) is 37.4 Å². The van der Waals surface area contributed by atoms with Gasteiger partial charge in [0.25, 0.3) is 17.6 Å². The molecule has 1 aliphatic carbocycles. The SMILES string of the molecule is CN1C(=O)NC(=O)C12Cc1ccc(NC(=O)C(=O)c3cc(Br)cc(Br)c3)cc1C2. The Kier molecular flexibility index (Phi) is 4.82. The highest BCUT2D eigenvalue weighted by atomic mass is 79.9. The summed E-state index contributed by atoms with van der Waals surface area (Å²) in [4.78, 5) is 50.5. The lowest BCUT2D eigenvalue weighted by Crippen LogP contribution is -2.48. The van der Waals surface area contributed by atoms with Crippen LogP contribution < -0.4 is 10.6 Å². The van der Waals surface area contributed by atoms with Crippen LogP contribution in [0.15, 0.2) is 45.3 Å². The van der Waals surface area contributed by atoms with Gasteiger partial charge in [-0.3, -0.25) is 19.7 Å². The van der Waals surface area contributed by atoms with Crippen molar-refractivity contribution in [2.75, 3.05) is 12.4 Å². The number of urea groups is 1. The van der Waals surface area contributed by atoms with E-state index in [4.69, 9.17) is 0 Å². The van der Waals surface area contributed by atoms with E-state index >= 15 is 0 Å². The number of Topliss-reactive ketones (excluding diaryl/α,β-unsaturated/α-hetero) is 1. The number of imide groups is 1. The molecule has 0 radical (unpaired) electrons. The maximum atomic E-state index is 12.5. The predicted molar refractivity (Wildman–Crippen MR) is 113 cm³/mol. The van der Waals surface area contributed by atoms with Gasteiger partial charge in [-0.15, -0.1) is 0 Å². The zero-order chi connectivity index (χ0) is 20.9. The Bertz CT molecular complexity index is 1080. The van der Waals surface area contributed by atoms with Crippen molar-refractivity contribution in [2.24, 2.45) is 0 Å². The Morgan fingerprint density at radius 2 is 1.69 bits per heavy atom. The number of nitrogens with one attached hydrogen (secondary N) is 2. The lowest BCUT2D eigenvalue weighted by atomic mass is 9.95. The fraction of sp³-hybridized carbons (Fsp3) is 0.200. The van der Waals surface area contributed by atoms with Gasteiger partial charge in [0, 0.05) is 40.1 Å². The molecule has 2 aromatic rings. The molecule has 4 amide bonds. The van der Waals surface area contributed by atoms with Gasteiger partial charge in [0.2, 0.25) is 0 Å². The van der Waals surface area contributed by atoms with Crippen molar-refractivity contribution in [1.82, 2.24) is 10.2 Å². The number of carbonyl (C=O) groups excluding carboxylic acids is 4. The van der Waals surface area contributed by atoms with Crippen LogP contribution in [-0.4, -0.2) is 41.1 Å². The molecule has 7 nitrogen and oxygen atoms in total. The van der Waals surface area contributed by atoms with Gasteiger partial charge in [-0.05, 0) is 41.5 Å². The highest BCUT2D eigenvalue weighted by Gasteiger charge is 2.54. The van der Waals surface area contributed by atoms with Gasteiger partial charge in [0.1, 0.15) is 5.54 Å². The van der Waals surface area contributed by atoms with Crippen LogP contribution in [0.5, 0.6) is 0 Å². The molecule has 2 N–H and O–H groups in total. The molecule has 0 aromatic heterocycles. The predicted octanol–water partition coefficient (Wildman–Crippen LogP) is 3.05. The summed E-state index contributed by atoms with van der Waals surface area (Å²) >= 11 is 6.60. The van der Waals surface area contributed by atoms with E-state index in [1.807, 2.05) is 6.07 Å². The molecule has 2 aliphatic rings. The Labute approximate surface area is 183 Å². The topological polar surface area (TPSA) is 95.6 Å². The number of fused-ring (bicyclic) bond motifs is 1. The van der Waals surface area contributed by atoms with Crippen molar-refractivity contribution in [1.29, 1.82) is 0 Å². The molecule has 29 heavy (non-hydrogen) atoms. The molecule has 1 spiro atoms. The number of nitrogens with zero attached hydrogens (tertiary/aromatic N) is 1. The lowest BCUT2D eigenvalue weighted by molar-refractivity contribution is -0.125. The third-order valence-corrected chi connectivity index (χ3v) is 6.27. The Morgan fingerprint density at radius 3 is 2.31 bits per heavy atom. The fourth-order valence-corrected chi connectivity index (χ4v) is 5.07. The van der Waals surface area contributed by atoms with Crippen LogP contribution in [0.25, 0.3) is 0 Å². The second-order valence-corrected chi connectivity index (χ2v) is 8.96. The van der Waals surface area contributed by atoms with Gasteiger partial charge in [-0.2, -0.15) is 0 Å². The van der Waals surface area contributed by atoms with Crippen LogP contribution in [0.3, 0.4) is 0 Å². The van der Waals surface area contributed by atoms with Crippen molar-refractivity contribution >= 4 is 61.2 Å². The summed E-state index contributed by atoms with van der Waals surface area (Å²) in [5, 5.41) is 4.97. The van der Waals surface area contributed by atoms with Crippen molar-refractivity contribution in [3.8, 4) is 0 Å². The monoisotopic (exact) mass is 519 g/mol. The van der Waals surface area contributed by atoms with Crippen LogP contribution in [0.1, 0.15) is 21.5 Å². The number of halogens is 2. The van der Waals surface area contributed by atoms with Crippen LogP contribution >= 0.6 is 31.9 Å². The molecule has 0 bridgehead atoms. The molecule has 0 saturated carbocycles. The van der Waals surface area contributed by atoms with Gasteiger partial charge in [0.15, 0.2) is 0 Å². The van der Waals surface area contributed by atoms with Gasteiger partial charge >= 0.3 is 6.03 Å². The quantitative estimate of drug-likeness (QED) is 0.369. The number of hydrogen-bond donors (Lipinski definition) is 2. The van der Waals surface area contributed by atoms with E-state index < -0.39 is 23.3 Å².